The molecule has 0 spiro atoms. The molecule has 0 bridgehead atoms. The zero-order valence-electron chi connectivity index (χ0n) is 1.84. The van der Waals surface area contributed by atoms with E-state index in [4.69, 9.17) is 14.7 Å². The van der Waals surface area contributed by atoms with Gasteiger partial charge in [0.2, 0.25) is 0 Å². The van der Waals surface area contributed by atoms with E-state index >= 15 is 0 Å². The number of hydrogen-bond donors (Lipinski definition) is 3. The Labute approximate surface area is 24.5 Å². The monoisotopic (exact) mass is 83.0 g/mol. The Balaban J connectivity index is 2.32. The molecule has 0 fully saturated rings. The quantitative estimate of drug-likeness (QED) is 0.326. The van der Waals surface area contributed by atoms with Crippen molar-refractivity contribution in [3.8, 4) is 0 Å². The summed E-state index contributed by atoms with van der Waals surface area (Å²) in [4.78, 5) is 21.8. The third kappa shape index (κ3) is 41.3. The van der Waals surface area contributed by atoms with E-state index < -0.39 is 8.60 Å². The highest BCUT2D eigenvalue weighted by atomic mass is 31.2. The second kappa shape index (κ2) is 1.61. The second-order valence-electron chi connectivity index (χ2n) is 0.300. The van der Waals surface area contributed by atoms with Crippen molar-refractivity contribution in [2.45, 2.75) is 0 Å². The molecule has 0 aromatic rings. The van der Waals surface area contributed by atoms with Gasteiger partial charge >= 0.3 is 8.60 Å². The Morgan fingerprint density at radius 2 is 1.00 bits per heavy atom. The van der Waals surface area contributed by atoms with Crippen LogP contribution in [0.4, 0.5) is 0 Å². The highest BCUT2D eigenvalue weighted by Crippen LogP contribution is 2.11. The number of rotatable bonds is 0. The molecule has 0 aliphatic rings. The van der Waals surface area contributed by atoms with Crippen LogP contribution in [0.3, 0.4) is 0 Å². The Hall–Kier alpha value is 0.310. The third-order valence-corrected chi connectivity index (χ3v) is 0. The molecular weight excluding hydrogens is 79.0 g/mol. The zero-order valence-corrected chi connectivity index (χ0v) is 2.84. The largest absolute Gasteiger partial charge is 0.390 e. The molecule has 0 aliphatic heterocycles. The first-order valence-electron chi connectivity index (χ1n) is 0.671. The van der Waals surface area contributed by atoms with Gasteiger partial charge < -0.3 is 0 Å². The van der Waals surface area contributed by atoms with Crippen molar-refractivity contribution >= 4 is 8.60 Å². The molecule has 0 saturated carbocycles. The lowest BCUT2D eigenvalue weighted by Gasteiger charge is -1.66. The van der Waals surface area contributed by atoms with Gasteiger partial charge in [-0.25, -0.2) is 0 Å². The van der Waals surface area contributed by atoms with E-state index in [2.05, 4.69) is 0 Å². The molecule has 0 radical (unpaired) electrons. The van der Waals surface area contributed by atoms with Crippen molar-refractivity contribution in [2.75, 3.05) is 0 Å². The van der Waals surface area contributed by atoms with Crippen molar-refractivity contribution in [2.24, 2.45) is 0 Å². The molecule has 0 saturated heterocycles. The van der Waals surface area contributed by atoms with Crippen LogP contribution in [0.2, 0.25) is 0 Å². The summed E-state index contributed by atoms with van der Waals surface area (Å²) >= 11 is 0. The first-order valence-corrected chi connectivity index (χ1v) is 2.01. The van der Waals surface area contributed by atoms with Crippen LogP contribution in [0, 0.1) is 0 Å². The highest BCUT2D eigenvalue weighted by Gasteiger charge is 1.85. The van der Waals surface area contributed by atoms with Gasteiger partial charge in [0.1, 0.15) is 0 Å². The van der Waals surface area contributed by atoms with Crippen molar-refractivity contribution in [3.63, 3.8) is 0 Å². The Morgan fingerprint density at radius 3 is 1.00 bits per heavy atom. The van der Waals surface area contributed by atoms with E-state index in [1.54, 1.807) is 0 Å². The fourth-order valence-electron chi connectivity index (χ4n) is 0. The van der Waals surface area contributed by atoms with E-state index in [-0.39, 0.29) is 0 Å². The van der Waals surface area contributed by atoms with E-state index in [1.807, 2.05) is 0 Å². The molecule has 0 aromatic carbocycles. The summed E-state index contributed by atoms with van der Waals surface area (Å²) in [5.74, 6) is 0. The summed E-state index contributed by atoms with van der Waals surface area (Å²) in [6, 6.07) is 0. The molecule has 3 N–H and O–H groups in total. The van der Waals surface area contributed by atoms with Gasteiger partial charge in [-0.05, 0) is 0 Å². The molecule has 0 atom stereocenters. The topological polar surface area (TPSA) is 60.7 Å². The molecule has 3 nitrogen and oxygen atoms in total. The van der Waals surface area contributed by atoms with Gasteiger partial charge in [-0.3, -0.25) is 0 Å². The molecule has 4 heavy (non-hydrogen) atoms. The van der Waals surface area contributed by atoms with Crippen molar-refractivity contribution in [3.05, 3.63) is 0 Å². The molecule has 0 rings (SSSR count). The highest BCUT2D eigenvalue weighted by molar-refractivity contribution is 7.38. The standard InChI is InChI=1S/H4O3P/c1-4(2)3/h1-4H/q+1. The summed E-state index contributed by atoms with van der Waals surface area (Å²) < 4.78 is 0. The first-order chi connectivity index (χ1) is 1.73. The smallest absolute Gasteiger partial charge is 0.195 e. The van der Waals surface area contributed by atoms with E-state index in [9.17, 15) is 0 Å². The average molecular weight is 83.0 g/mol. The van der Waals surface area contributed by atoms with Crippen LogP contribution in [0.15, 0.2) is 0 Å². The lowest BCUT2D eigenvalue weighted by Crippen LogP contribution is -1.54. The van der Waals surface area contributed by atoms with E-state index in [0.717, 1.165) is 0 Å². The summed E-state index contributed by atoms with van der Waals surface area (Å²) in [5, 5.41) is 0. The first kappa shape index (κ1) is 4.31. The molecule has 4 heteroatoms. The second-order valence-corrected chi connectivity index (χ2v) is 0.900. The zero-order chi connectivity index (χ0) is 3.58. The molecule has 0 heterocycles. The minimum atomic E-state index is -2.88. The van der Waals surface area contributed by atoms with Crippen molar-refractivity contribution in [1.82, 2.24) is 0 Å². The minimum absolute atomic E-state index is 2.88. The predicted octanol–water partition coefficient (Wildman–Crippen LogP) is -1.08. The van der Waals surface area contributed by atoms with Crippen LogP contribution in [0.5, 0.6) is 0 Å². The summed E-state index contributed by atoms with van der Waals surface area (Å²) in [6.45, 7) is 0. The molecule has 0 amide bonds. The normalized spacial score (nSPS) is 9.00. The van der Waals surface area contributed by atoms with E-state index in [0.29, 0.717) is 0 Å². The third-order valence-electron chi connectivity index (χ3n) is 0. The van der Waals surface area contributed by atoms with Gasteiger partial charge in [0, 0.05) is 0 Å². The Morgan fingerprint density at radius 1 is 1.00 bits per heavy atom. The maximum absolute atomic E-state index is 7.27. The lowest BCUT2D eigenvalue weighted by molar-refractivity contribution is 0.368. The minimum Gasteiger partial charge on any atom is -0.195 e. The van der Waals surface area contributed by atoms with Crippen LogP contribution >= 0.6 is 8.60 Å². The van der Waals surface area contributed by atoms with Gasteiger partial charge in [-0.1, -0.05) is 0 Å². The molecule has 0 aliphatic carbocycles. The van der Waals surface area contributed by atoms with Crippen LogP contribution in [0.1, 0.15) is 0 Å². The molecular formula is H4O3P+. The Kier molecular flexibility index (Phi) is 1.74. The van der Waals surface area contributed by atoms with Gasteiger partial charge in [0.25, 0.3) is 0 Å². The van der Waals surface area contributed by atoms with Crippen LogP contribution in [-0.2, 0) is 0 Å². The van der Waals surface area contributed by atoms with Gasteiger partial charge in [-0.2, -0.15) is 14.7 Å². The summed E-state index contributed by atoms with van der Waals surface area (Å²) in [7, 11) is -2.88. The van der Waals surface area contributed by atoms with Crippen LogP contribution in [0.25, 0.3) is 0 Å². The lowest BCUT2D eigenvalue weighted by atomic mass is 15.8. The summed E-state index contributed by atoms with van der Waals surface area (Å²) in [6.07, 6.45) is 0. The number of hydrogen-bond acceptors (Lipinski definition) is 3. The van der Waals surface area contributed by atoms with Crippen molar-refractivity contribution in [1.29, 1.82) is 0 Å². The maximum Gasteiger partial charge on any atom is 0.390 e. The van der Waals surface area contributed by atoms with Gasteiger partial charge in [-0.15, -0.1) is 0 Å². The average Bonchev–Trinajstić information content (AvgIpc) is 0.811. The molecule has 26 valence electrons. The van der Waals surface area contributed by atoms with Crippen LogP contribution < -0.4 is 0 Å². The SMILES string of the molecule is O[PH+](O)O. The fraction of sp³-hybridized carbons (Fsp3) is 0. The van der Waals surface area contributed by atoms with Crippen LogP contribution in [-0.4, -0.2) is 14.7 Å². The van der Waals surface area contributed by atoms with Crippen molar-refractivity contribution < 1.29 is 14.7 Å². The fourth-order valence-corrected chi connectivity index (χ4v) is 0. The maximum atomic E-state index is 7.27. The van der Waals surface area contributed by atoms with E-state index in [1.165, 1.54) is 0 Å². The Bertz CT molecular complexity index is 8.00. The molecule has 0 unspecified atom stereocenters. The predicted molar refractivity (Wildman–Crippen MR) is 15.0 cm³/mol. The summed E-state index contributed by atoms with van der Waals surface area (Å²) in [5.41, 5.74) is 0. The van der Waals surface area contributed by atoms with Gasteiger partial charge in [0.15, 0.2) is 0 Å². The molecule has 0 aromatic heterocycles. The van der Waals surface area contributed by atoms with Gasteiger partial charge in [0.05, 0.1) is 0 Å².